The molecule has 34 heavy (non-hydrogen) atoms. The minimum atomic E-state index is -4.56. The number of cyclic esters (lactones) is 2. The zero-order valence-electron chi connectivity index (χ0n) is 18.5. The quantitative estimate of drug-likeness (QED) is 0.432. The van der Waals surface area contributed by atoms with E-state index in [1.807, 2.05) is 21.9 Å². The third-order valence-electron chi connectivity index (χ3n) is 6.73. The van der Waals surface area contributed by atoms with E-state index in [0.717, 1.165) is 17.8 Å². The highest BCUT2D eigenvalue weighted by atomic mass is 35.5. The molecule has 6 nitrogen and oxygen atoms in total. The SMILES string of the molecule is CC1(C)OC(=O)C2(Cc3cc(C(F)(F)F)ccc3N3CCN(c4ccccc4Cl)CC32)C(=O)O1. The van der Waals surface area contributed by atoms with Gasteiger partial charge in [0.1, 0.15) is 0 Å². The highest BCUT2D eigenvalue weighted by molar-refractivity contribution is 6.33. The maximum Gasteiger partial charge on any atom is 0.416 e. The number of piperazine rings is 1. The zero-order valence-corrected chi connectivity index (χ0v) is 19.2. The van der Waals surface area contributed by atoms with Gasteiger partial charge in [0.25, 0.3) is 5.79 Å². The Morgan fingerprint density at radius 1 is 1.00 bits per heavy atom. The summed E-state index contributed by atoms with van der Waals surface area (Å²) in [6.07, 6.45) is -4.81. The van der Waals surface area contributed by atoms with Gasteiger partial charge in [0, 0.05) is 45.6 Å². The lowest BCUT2D eigenvalue weighted by atomic mass is 9.69. The maximum atomic E-state index is 13.4. The molecule has 3 aliphatic rings. The Hall–Kier alpha value is -2.94. The number of para-hydroxylation sites is 1. The first-order chi connectivity index (χ1) is 15.9. The van der Waals surface area contributed by atoms with Gasteiger partial charge >= 0.3 is 18.1 Å². The van der Waals surface area contributed by atoms with Crippen LogP contribution in [-0.2, 0) is 31.7 Å². The third kappa shape index (κ3) is 3.48. The molecular weight excluding hydrogens is 473 g/mol. The summed E-state index contributed by atoms with van der Waals surface area (Å²) in [6.45, 7) is 3.98. The molecule has 2 saturated heterocycles. The summed E-state index contributed by atoms with van der Waals surface area (Å²) in [6, 6.07) is 9.95. The molecule has 0 amide bonds. The van der Waals surface area contributed by atoms with Crippen LogP contribution >= 0.6 is 11.6 Å². The fourth-order valence-corrected chi connectivity index (χ4v) is 5.43. The zero-order chi connectivity index (χ0) is 24.5. The first-order valence-electron chi connectivity index (χ1n) is 10.9. The van der Waals surface area contributed by atoms with E-state index in [1.54, 1.807) is 12.1 Å². The molecule has 180 valence electrons. The van der Waals surface area contributed by atoms with Crippen LogP contribution in [0.4, 0.5) is 24.5 Å². The van der Waals surface area contributed by atoms with Crippen LogP contribution in [0.3, 0.4) is 0 Å². The van der Waals surface area contributed by atoms with E-state index in [2.05, 4.69) is 0 Å². The van der Waals surface area contributed by atoms with Crippen molar-refractivity contribution in [1.29, 1.82) is 0 Å². The molecule has 3 heterocycles. The lowest BCUT2D eigenvalue weighted by Gasteiger charge is -2.55. The number of rotatable bonds is 1. The van der Waals surface area contributed by atoms with Gasteiger partial charge in [-0.05, 0) is 35.9 Å². The fraction of sp³-hybridized carbons (Fsp3) is 0.417. The van der Waals surface area contributed by atoms with Gasteiger partial charge in [-0.3, -0.25) is 9.59 Å². The van der Waals surface area contributed by atoms with E-state index >= 15 is 0 Å². The van der Waals surface area contributed by atoms with E-state index in [0.29, 0.717) is 23.8 Å². The van der Waals surface area contributed by atoms with E-state index in [9.17, 15) is 22.8 Å². The first-order valence-corrected chi connectivity index (χ1v) is 11.2. The van der Waals surface area contributed by atoms with Crippen molar-refractivity contribution in [3.8, 4) is 0 Å². The van der Waals surface area contributed by atoms with Crippen LogP contribution in [0.15, 0.2) is 42.5 Å². The monoisotopic (exact) mass is 494 g/mol. The molecule has 5 rings (SSSR count). The number of benzene rings is 2. The van der Waals surface area contributed by atoms with Crippen molar-refractivity contribution in [3.63, 3.8) is 0 Å². The number of hydrogen-bond acceptors (Lipinski definition) is 6. The summed E-state index contributed by atoms with van der Waals surface area (Å²) in [5.74, 6) is -3.06. The smallest absolute Gasteiger partial charge is 0.416 e. The Morgan fingerprint density at radius 3 is 2.32 bits per heavy atom. The molecule has 2 aromatic carbocycles. The predicted molar refractivity (Wildman–Crippen MR) is 119 cm³/mol. The number of ether oxygens (including phenoxy) is 2. The fourth-order valence-electron chi connectivity index (χ4n) is 5.17. The predicted octanol–water partition coefficient (Wildman–Crippen LogP) is 4.43. The van der Waals surface area contributed by atoms with Crippen LogP contribution in [0.5, 0.6) is 0 Å². The van der Waals surface area contributed by atoms with Gasteiger partial charge in [-0.15, -0.1) is 0 Å². The summed E-state index contributed by atoms with van der Waals surface area (Å²) >= 11 is 6.40. The topological polar surface area (TPSA) is 59.1 Å². The Kier molecular flexibility index (Phi) is 5.06. The summed E-state index contributed by atoms with van der Waals surface area (Å²) in [7, 11) is 0. The second-order valence-electron chi connectivity index (χ2n) is 9.27. The largest absolute Gasteiger partial charge is 0.422 e. The van der Waals surface area contributed by atoms with Crippen LogP contribution in [0.1, 0.15) is 25.0 Å². The van der Waals surface area contributed by atoms with E-state index in [1.165, 1.54) is 19.9 Å². The normalized spacial score (nSPS) is 23.2. The molecule has 0 N–H and O–H groups in total. The maximum absolute atomic E-state index is 13.4. The molecule has 1 unspecified atom stereocenters. The lowest BCUT2D eigenvalue weighted by molar-refractivity contribution is -0.253. The van der Waals surface area contributed by atoms with Crippen LogP contribution in [0.25, 0.3) is 0 Å². The number of anilines is 2. The Balaban J connectivity index is 1.63. The number of fused-ring (bicyclic) bond motifs is 4. The average molecular weight is 495 g/mol. The van der Waals surface area contributed by atoms with Gasteiger partial charge in [-0.1, -0.05) is 23.7 Å². The van der Waals surface area contributed by atoms with E-state index < -0.39 is 40.9 Å². The number of alkyl halides is 3. The molecular formula is C24H22ClF3N2O4. The van der Waals surface area contributed by atoms with Crippen LogP contribution in [-0.4, -0.2) is 43.4 Å². The third-order valence-corrected chi connectivity index (χ3v) is 7.05. The lowest BCUT2D eigenvalue weighted by Crippen LogP contribution is -2.71. The number of esters is 2. The van der Waals surface area contributed by atoms with Crippen molar-refractivity contribution >= 4 is 34.9 Å². The molecule has 0 bridgehead atoms. The number of nitrogens with zero attached hydrogens (tertiary/aromatic N) is 2. The van der Waals surface area contributed by atoms with Crippen molar-refractivity contribution in [2.75, 3.05) is 29.4 Å². The Labute approximate surface area is 199 Å². The molecule has 1 atom stereocenters. The van der Waals surface area contributed by atoms with Gasteiger partial charge in [0.05, 0.1) is 22.3 Å². The van der Waals surface area contributed by atoms with Crippen LogP contribution in [0.2, 0.25) is 5.02 Å². The van der Waals surface area contributed by atoms with Crippen LogP contribution in [0, 0.1) is 5.41 Å². The second kappa shape index (κ2) is 7.53. The molecule has 0 aliphatic carbocycles. The average Bonchev–Trinajstić information content (AvgIpc) is 2.75. The molecule has 0 radical (unpaired) electrons. The summed E-state index contributed by atoms with van der Waals surface area (Å²) in [4.78, 5) is 30.7. The van der Waals surface area contributed by atoms with Crippen LogP contribution < -0.4 is 9.80 Å². The molecule has 0 aromatic heterocycles. The first kappa shape index (κ1) is 22.8. The number of carbonyl (C=O) groups excluding carboxylic acids is 2. The van der Waals surface area contributed by atoms with Crippen molar-refractivity contribution in [3.05, 3.63) is 58.6 Å². The number of halogens is 4. The van der Waals surface area contributed by atoms with Crippen molar-refractivity contribution in [1.82, 2.24) is 0 Å². The van der Waals surface area contributed by atoms with E-state index in [-0.39, 0.29) is 18.5 Å². The minimum Gasteiger partial charge on any atom is -0.422 e. The summed E-state index contributed by atoms with van der Waals surface area (Å²) in [5, 5.41) is 0.519. The molecule has 2 fully saturated rings. The standard InChI is InChI=1S/C24H22ClF3N2O4/c1-22(2)33-20(31)23(21(32)34-22)12-14-11-15(24(26,27)28)7-8-17(14)30-10-9-29(13-19(23)30)18-6-4-3-5-16(18)25/h3-8,11,19H,9-10,12-13H2,1-2H3. The van der Waals surface area contributed by atoms with Crippen molar-refractivity contribution in [2.24, 2.45) is 5.41 Å². The number of hydrogen-bond donors (Lipinski definition) is 0. The van der Waals surface area contributed by atoms with E-state index in [4.69, 9.17) is 21.1 Å². The highest BCUT2D eigenvalue weighted by Gasteiger charge is 2.65. The van der Waals surface area contributed by atoms with Gasteiger partial charge in [-0.25, -0.2) is 0 Å². The Bertz CT molecular complexity index is 1160. The van der Waals surface area contributed by atoms with Crippen molar-refractivity contribution in [2.45, 2.75) is 38.3 Å². The summed E-state index contributed by atoms with van der Waals surface area (Å²) < 4.78 is 51.3. The molecule has 1 spiro atoms. The van der Waals surface area contributed by atoms with Gasteiger partial charge in [-0.2, -0.15) is 13.2 Å². The molecule has 2 aromatic rings. The minimum absolute atomic E-state index is 0.231. The van der Waals surface area contributed by atoms with Gasteiger partial charge in [0.15, 0.2) is 5.41 Å². The second-order valence-corrected chi connectivity index (χ2v) is 9.68. The molecule has 0 saturated carbocycles. The van der Waals surface area contributed by atoms with Gasteiger partial charge in [0.2, 0.25) is 0 Å². The Morgan fingerprint density at radius 2 is 1.68 bits per heavy atom. The molecule has 10 heteroatoms. The van der Waals surface area contributed by atoms with Crippen molar-refractivity contribution < 1.29 is 32.2 Å². The number of carbonyl (C=O) groups is 2. The van der Waals surface area contributed by atoms with Gasteiger partial charge < -0.3 is 19.3 Å². The molecule has 3 aliphatic heterocycles. The summed E-state index contributed by atoms with van der Waals surface area (Å²) in [5.41, 5.74) is -1.09. The highest BCUT2D eigenvalue weighted by Crippen LogP contribution is 2.49.